The fraction of sp³-hybridized carbons (Fsp3) is 0.227. The molecule has 0 radical (unpaired) electrons. The predicted molar refractivity (Wildman–Crippen MR) is 111 cm³/mol. The van der Waals surface area contributed by atoms with Gasteiger partial charge in [-0.3, -0.25) is 4.79 Å². The van der Waals surface area contributed by atoms with E-state index in [9.17, 15) is 4.79 Å². The van der Waals surface area contributed by atoms with E-state index in [0.29, 0.717) is 23.1 Å². The summed E-state index contributed by atoms with van der Waals surface area (Å²) in [7, 11) is 1.73. The molecule has 1 N–H and O–H groups in total. The fourth-order valence-electron chi connectivity index (χ4n) is 2.72. The van der Waals surface area contributed by atoms with E-state index in [1.807, 2.05) is 75.4 Å². The van der Waals surface area contributed by atoms with Crippen LogP contribution in [0.2, 0.25) is 0 Å². The van der Waals surface area contributed by atoms with Gasteiger partial charge in [-0.15, -0.1) is 0 Å². The number of aromatic nitrogens is 2. The average Bonchev–Trinajstić information content (AvgIpc) is 2.68. The van der Waals surface area contributed by atoms with Crippen LogP contribution in [-0.2, 0) is 0 Å². The molecule has 1 heterocycles. The molecule has 144 valence electrons. The summed E-state index contributed by atoms with van der Waals surface area (Å²) in [4.78, 5) is 23.3. The number of anilines is 3. The zero-order chi connectivity index (χ0) is 20.1. The van der Waals surface area contributed by atoms with Gasteiger partial charge < -0.3 is 15.0 Å². The van der Waals surface area contributed by atoms with E-state index in [1.54, 1.807) is 18.0 Å². The van der Waals surface area contributed by atoms with Crippen molar-refractivity contribution in [2.75, 3.05) is 17.3 Å². The van der Waals surface area contributed by atoms with Crippen LogP contribution >= 0.6 is 0 Å². The minimum atomic E-state index is -0.202. The van der Waals surface area contributed by atoms with Crippen LogP contribution < -0.4 is 15.0 Å². The molecule has 28 heavy (non-hydrogen) atoms. The van der Waals surface area contributed by atoms with Gasteiger partial charge in [0.15, 0.2) is 0 Å². The SMILES string of the molecule is Cc1cc(C(=O)N(C)c2ccccc2)nc(Nc2ccccc2OC(C)C)n1. The lowest BCUT2D eigenvalue weighted by Gasteiger charge is -2.18. The van der Waals surface area contributed by atoms with Gasteiger partial charge in [0.2, 0.25) is 5.95 Å². The van der Waals surface area contributed by atoms with Crippen LogP contribution in [0.15, 0.2) is 60.7 Å². The van der Waals surface area contributed by atoms with Gasteiger partial charge in [-0.25, -0.2) is 9.97 Å². The number of carbonyl (C=O) groups is 1. The summed E-state index contributed by atoms with van der Waals surface area (Å²) in [6.45, 7) is 5.77. The molecule has 0 aliphatic rings. The van der Waals surface area contributed by atoms with Gasteiger partial charge in [-0.1, -0.05) is 30.3 Å². The Morgan fingerprint density at radius 3 is 2.43 bits per heavy atom. The molecule has 0 atom stereocenters. The molecule has 0 fully saturated rings. The molecule has 0 aliphatic carbocycles. The zero-order valence-corrected chi connectivity index (χ0v) is 16.5. The van der Waals surface area contributed by atoms with Crippen molar-refractivity contribution in [2.45, 2.75) is 26.9 Å². The van der Waals surface area contributed by atoms with Crippen molar-refractivity contribution in [2.24, 2.45) is 0 Å². The first-order chi connectivity index (χ1) is 13.4. The third-order valence-corrected chi connectivity index (χ3v) is 4.02. The standard InChI is InChI=1S/C22H24N4O2/c1-15(2)28-20-13-9-8-12-18(20)24-22-23-16(3)14-19(25-22)21(27)26(4)17-10-6-5-7-11-17/h5-15H,1-4H3,(H,23,24,25). The Kier molecular flexibility index (Phi) is 5.89. The third-order valence-electron chi connectivity index (χ3n) is 4.02. The fourth-order valence-corrected chi connectivity index (χ4v) is 2.72. The summed E-state index contributed by atoms with van der Waals surface area (Å²) >= 11 is 0. The summed E-state index contributed by atoms with van der Waals surface area (Å²) in [6.07, 6.45) is 0.0399. The topological polar surface area (TPSA) is 67.4 Å². The number of para-hydroxylation sites is 3. The maximum absolute atomic E-state index is 12.9. The lowest BCUT2D eigenvalue weighted by atomic mass is 10.2. The Bertz CT molecular complexity index is 958. The quantitative estimate of drug-likeness (QED) is 0.681. The smallest absolute Gasteiger partial charge is 0.276 e. The van der Waals surface area contributed by atoms with Crippen LogP contribution in [0.5, 0.6) is 5.75 Å². The molecule has 3 aromatic rings. The number of hydrogen-bond donors (Lipinski definition) is 1. The van der Waals surface area contributed by atoms with Crippen molar-refractivity contribution in [3.8, 4) is 5.75 Å². The molecule has 0 aliphatic heterocycles. The molecular weight excluding hydrogens is 352 g/mol. The summed E-state index contributed by atoms with van der Waals surface area (Å²) in [5.41, 5.74) is 2.57. The number of amides is 1. The Balaban J connectivity index is 1.87. The Hall–Kier alpha value is -3.41. The molecule has 1 aromatic heterocycles. The van der Waals surface area contributed by atoms with E-state index >= 15 is 0 Å². The minimum Gasteiger partial charge on any atom is -0.489 e. The van der Waals surface area contributed by atoms with Gasteiger partial charge in [0, 0.05) is 18.4 Å². The normalized spacial score (nSPS) is 10.6. The van der Waals surface area contributed by atoms with Gasteiger partial charge >= 0.3 is 0 Å². The van der Waals surface area contributed by atoms with Gasteiger partial charge in [0.25, 0.3) is 5.91 Å². The van der Waals surface area contributed by atoms with E-state index in [2.05, 4.69) is 15.3 Å². The number of hydrogen-bond acceptors (Lipinski definition) is 5. The van der Waals surface area contributed by atoms with Crippen LogP contribution in [0.4, 0.5) is 17.3 Å². The molecule has 6 nitrogen and oxygen atoms in total. The number of aryl methyl sites for hydroxylation is 1. The van der Waals surface area contributed by atoms with E-state index in [1.165, 1.54) is 0 Å². The van der Waals surface area contributed by atoms with Crippen molar-refractivity contribution >= 4 is 23.2 Å². The highest BCUT2D eigenvalue weighted by Crippen LogP contribution is 2.27. The maximum atomic E-state index is 12.9. The third kappa shape index (κ3) is 4.65. The van der Waals surface area contributed by atoms with Crippen LogP contribution in [0.25, 0.3) is 0 Å². The highest BCUT2D eigenvalue weighted by Gasteiger charge is 2.17. The van der Waals surface area contributed by atoms with Gasteiger partial charge in [0.05, 0.1) is 11.8 Å². The highest BCUT2D eigenvalue weighted by atomic mass is 16.5. The molecule has 0 unspecified atom stereocenters. The van der Waals surface area contributed by atoms with Gasteiger partial charge in [0.1, 0.15) is 11.4 Å². The predicted octanol–water partition coefficient (Wildman–Crippen LogP) is 4.59. The zero-order valence-electron chi connectivity index (χ0n) is 16.5. The molecule has 3 rings (SSSR count). The Morgan fingerprint density at radius 1 is 1.04 bits per heavy atom. The van der Waals surface area contributed by atoms with Crippen molar-refractivity contribution in [1.82, 2.24) is 9.97 Å². The number of carbonyl (C=O) groups excluding carboxylic acids is 1. The van der Waals surface area contributed by atoms with E-state index < -0.39 is 0 Å². The van der Waals surface area contributed by atoms with E-state index in [-0.39, 0.29) is 12.0 Å². The van der Waals surface area contributed by atoms with Crippen LogP contribution in [0.3, 0.4) is 0 Å². The number of nitrogens with one attached hydrogen (secondary N) is 1. The summed E-state index contributed by atoms with van der Waals surface area (Å²) < 4.78 is 5.83. The number of ether oxygens (including phenoxy) is 1. The lowest BCUT2D eigenvalue weighted by Crippen LogP contribution is -2.27. The monoisotopic (exact) mass is 376 g/mol. The average molecular weight is 376 g/mol. The summed E-state index contributed by atoms with van der Waals surface area (Å²) in [5, 5.41) is 3.17. The largest absolute Gasteiger partial charge is 0.489 e. The first-order valence-electron chi connectivity index (χ1n) is 9.15. The Labute approximate surface area is 165 Å². The van der Waals surface area contributed by atoms with E-state index in [0.717, 1.165) is 11.4 Å². The molecule has 0 saturated carbocycles. The molecular formula is C22H24N4O2. The van der Waals surface area contributed by atoms with Gasteiger partial charge in [-0.2, -0.15) is 0 Å². The second kappa shape index (κ2) is 8.52. The van der Waals surface area contributed by atoms with Crippen molar-refractivity contribution in [3.05, 3.63) is 72.1 Å². The summed E-state index contributed by atoms with van der Waals surface area (Å²) in [6, 6.07) is 18.7. The maximum Gasteiger partial charge on any atom is 0.276 e. The first kappa shape index (κ1) is 19.4. The number of nitrogens with zero attached hydrogens (tertiary/aromatic N) is 3. The van der Waals surface area contributed by atoms with Crippen LogP contribution in [0, 0.1) is 6.92 Å². The minimum absolute atomic E-state index is 0.0399. The second-order valence-corrected chi connectivity index (χ2v) is 6.71. The Morgan fingerprint density at radius 2 is 1.71 bits per heavy atom. The highest BCUT2D eigenvalue weighted by molar-refractivity contribution is 6.04. The first-order valence-corrected chi connectivity index (χ1v) is 9.15. The molecule has 1 amide bonds. The molecule has 0 spiro atoms. The van der Waals surface area contributed by atoms with E-state index in [4.69, 9.17) is 4.74 Å². The number of rotatable bonds is 6. The van der Waals surface area contributed by atoms with Crippen LogP contribution in [0.1, 0.15) is 30.0 Å². The van der Waals surface area contributed by atoms with Crippen molar-refractivity contribution in [3.63, 3.8) is 0 Å². The molecule has 6 heteroatoms. The molecule has 0 saturated heterocycles. The lowest BCUT2D eigenvalue weighted by molar-refractivity contribution is 0.0988. The molecule has 0 bridgehead atoms. The van der Waals surface area contributed by atoms with Crippen molar-refractivity contribution in [1.29, 1.82) is 0 Å². The second-order valence-electron chi connectivity index (χ2n) is 6.71. The summed E-state index contributed by atoms with van der Waals surface area (Å²) in [5.74, 6) is 0.855. The molecule has 2 aromatic carbocycles. The van der Waals surface area contributed by atoms with Gasteiger partial charge in [-0.05, 0) is 51.1 Å². The number of benzene rings is 2. The van der Waals surface area contributed by atoms with Crippen LogP contribution in [-0.4, -0.2) is 29.0 Å². The van der Waals surface area contributed by atoms with Crippen molar-refractivity contribution < 1.29 is 9.53 Å².